The van der Waals surface area contributed by atoms with Crippen molar-refractivity contribution in [1.29, 1.82) is 0 Å². The Morgan fingerprint density at radius 3 is 2.35 bits per heavy atom. The van der Waals surface area contributed by atoms with Gasteiger partial charge in [0.15, 0.2) is 0 Å². The second-order valence-corrected chi connectivity index (χ2v) is 22.4. The van der Waals surface area contributed by atoms with Crippen molar-refractivity contribution in [2.45, 2.75) is 117 Å². The molecule has 11 heteroatoms. The molecule has 1 atom stereocenters. The van der Waals surface area contributed by atoms with Crippen LogP contribution in [0.25, 0.3) is 27.8 Å². The van der Waals surface area contributed by atoms with Crippen LogP contribution in [0.1, 0.15) is 73.2 Å². The van der Waals surface area contributed by atoms with Gasteiger partial charge < -0.3 is 27.9 Å². The van der Waals surface area contributed by atoms with Crippen molar-refractivity contribution in [3.63, 3.8) is 0 Å². The lowest BCUT2D eigenvalue weighted by molar-refractivity contribution is 0.00578. The number of carbonyl (C=O) groups excluding carboxylic acids is 1. The van der Waals surface area contributed by atoms with Crippen molar-refractivity contribution >= 4 is 37.8 Å². The zero-order valence-electron chi connectivity index (χ0n) is 31.0. The van der Waals surface area contributed by atoms with E-state index in [0.717, 1.165) is 58.0 Å². The molecule has 2 aliphatic rings. The second-order valence-electron chi connectivity index (χ2n) is 16.8. The van der Waals surface area contributed by atoms with Crippen LogP contribution in [-0.4, -0.2) is 70.3 Å². The fourth-order valence-electron chi connectivity index (χ4n) is 6.34. The summed E-state index contributed by atoms with van der Waals surface area (Å²) in [5.74, 6) is 0.850. The summed E-state index contributed by atoms with van der Waals surface area (Å²) < 4.78 is 28.8. The minimum Gasteiger partial charge on any atom is -0.444 e. The number of hydrogen-bond acceptors (Lipinski definition) is 6. The first-order chi connectivity index (χ1) is 22.9. The molecule has 9 nitrogen and oxygen atoms in total. The van der Waals surface area contributed by atoms with E-state index in [4.69, 9.17) is 23.8 Å². The molecule has 2 saturated heterocycles. The maximum Gasteiger partial charge on any atom is 0.494 e. The Balaban J connectivity index is 1.26. The van der Waals surface area contributed by atoms with E-state index in [0.29, 0.717) is 19.9 Å². The molecule has 0 spiro atoms. The van der Waals surface area contributed by atoms with Gasteiger partial charge in [-0.1, -0.05) is 37.8 Å². The van der Waals surface area contributed by atoms with E-state index < -0.39 is 13.7 Å². The van der Waals surface area contributed by atoms with Gasteiger partial charge in [-0.3, -0.25) is 4.90 Å². The van der Waals surface area contributed by atoms with Crippen LogP contribution in [-0.2, 0) is 25.5 Å². The van der Waals surface area contributed by atoms with Gasteiger partial charge in [-0.15, -0.1) is 0 Å². The SMILES string of the molecule is CC(C)(C)OC(=O)N1CCCC1c1nc2cc(-c3ccn(-c4ccc(B5OC(C)(C)C(C)(C)O5)cc4)c3)ccc2n1COCC[Si](C)(C)C. The van der Waals surface area contributed by atoms with Gasteiger partial charge in [-0.25, -0.2) is 9.78 Å². The van der Waals surface area contributed by atoms with Crippen molar-refractivity contribution in [3.05, 3.63) is 66.7 Å². The number of nitrogens with zero attached hydrogens (tertiary/aromatic N) is 4. The standard InChI is InChI=1S/C38H53BN4O5Si/c1-36(2,3)46-35(44)42-20-11-12-33(42)34-40-31-24-27(13-18-32(31)43(34)26-45-22-23-49(8,9)10)28-19-21-41(25-28)30-16-14-29(15-17-30)39-47-37(4,5)38(6,7)48-39/h13-19,21,24-25,33H,11-12,20,22-23,26H2,1-10H3. The third-order valence-corrected chi connectivity index (χ3v) is 11.6. The minimum absolute atomic E-state index is 0.174. The van der Waals surface area contributed by atoms with Crippen LogP contribution in [0.15, 0.2) is 60.9 Å². The van der Waals surface area contributed by atoms with Crippen LogP contribution >= 0.6 is 0 Å². The van der Waals surface area contributed by atoms with E-state index in [2.05, 4.69) is 117 Å². The number of rotatable bonds is 9. The number of aromatic nitrogens is 3. The molecule has 0 N–H and O–H groups in total. The summed E-state index contributed by atoms with van der Waals surface area (Å²) in [6, 6.07) is 17.8. The topological polar surface area (TPSA) is 80.0 Å². The van der Waals surface area contributed by atoms with Crippen LogP contribution in [0.4, 0.5) is 4.79 Å². The van der Waals surface area contributed by atoms with Gasteiger partial charge in [-0.2, -0.15) is 0 Å². The van der Waals surface area contributed by atoms with E-state index >= 15 is 0 Å². The fourth-order valence-corrected chi connectivity index (χ4v) is 7.09. The number of likely N-dealkylation sites (tertiary alicyclic amines) is 1. The normalized spacial score (nSPS) is 19.3. The molecule has 0 aliphatic carbocycles. The zero-order chi connectivity index (χ0) is 35.4. The number of carbonyl (C=O) groups is 1. The summed E-state index contributed by atoms with van der Waals surface area (Å²) in [5, 5.41) is 0. The van der Waals surface area contributed by atoms with Crippen molar-refractivity contribution in [2.75, 3.05) is 13.2 Å². The molecule has 0 saturated carbocycles. The zero-order valence-corrected chi connectivity index (χ0v) is 32.0. The predicted octanol–water partition coefficient (Wildman–Crippen LogP) is 8.18. The van der Waals surface area contributed by atoms with Gasteiger partial charge in [-0.05, 0) is 114 Å². The number of benzene rings is 2. The smallest absolute Gasteiger partial charge is 0.444 e. The van der Waals surface area contributed by atoms with Gasteiger partial charge in [0, 0.05) is 39.3 Å². The quantitative estimate of drug-likeness (QED) is 0.131. The van der Waals surface area contributed by atoms with Crippen molar-refractivity contribution in [3.8, 4) is 16.8 Å². The number of hydrogen-bond donors (Lipinski definition) is 0. The highest BCUT2D eigenvalue weighted by Crippen LogP contribution is 2.37. The first-order valence-electron chi connectivity index (χ1n) is 17.6. The third kappa shape index (κ3) is 7.70. The Morgan fingerprint density at radius 2 is 1.69 bits per heavy atom. The lowest BCUT2D eigenvalue weighted by Gasteiger charge is -2.32. The minimum atomic E-state index is -1.24. The molecule has 4 aromatic rings. The van der Waals surface area contributed by atoms with Crippen LogP contribution in [0.5, 0.6) is 0 Å². The van der Waals surface area contributed by atoms with Crippen LogP contribution in [0.3, 0.4) is 0 Å². The van der Waals surface area contributed by atoms with Gasteiger partial charge in [0.2, 0.25) is 0 Å². The third-order valence-electron chi connectivity index (χ3n) is 9.92. The highest BCUT2D eigenvalue weighted by atomic mass is 28.3. The van der Waals surface area contributed by atoms with E-state index in [9.17, 15) is 4.79 Å². The molecule has 0 radical (unpaired) electrons. The Hall–Kier alpha value is -3.38. The highest BCUT2D eigenvalue weighted by Gasteiger charge is 2.51. The highest BCUT2D eigenvalue weighted by molar-refractivity contribution is 6.76. The first-order valence-corrected chi connectivity index (χ1v) is 21.3. The molecule has 2 aliphatic heterocycles. The Kier molecular flexibility index (Phi) is 9.45. The Morgan fingerprint density at radius 1 is 1.00 bits per heavy atom. The molecule has 1 amide bonds. The maximum atomic E-state index is 13.3. The Labute approximate surface area is 293 Å². The predicted molar refractivity (Wildman–Crippen MR) is 199 cm³/mol. The summed E-state index contributed by atoms with van der Waals surface area (Å²) in [7, 11) is -1.63. The summed E-state index contributed by atoms with van der Waals surface area (Å²) >= 11 is 0. The van der Waals surface area contributed by atoms with Crippen molar-refractivity contribution in [2.24, 2.45) is 0 Å². The molecule has 1 unspecified atom stereocenters. The second kappa shape index (κ2) is 13.1. The number of imidazole rings is 1. The summed E-state index contributed by atoms with van der Waals surface area (Å²) in [6.07, 6.45) is 5.67. The summed E-state index contributed by atoms with van der Waals surface area (Å²) in [6.45, 7) is 22.8. The monoisotopic (exact) mass is 684 g/mol. The summed E-state index contributed by atoms with van der Waals surface area (Å²) in [4.78, 5) is 20.3. The van der Waals surface area contributed by atoms with E-state index in [1.807, 2.05) is 25.7 Å². The molecule has 0 bridgehead atoms. The van der Waals surface area contributed by atoms with Gasteiger partial charge in [0.1, 0.15) is 18.2 Å². The molecule has 6 rings (SSSR count). The maximum absolute atomic E-state index is 13.3. The molecule has 2 aromatic carbocycles. The van der Waals surface area contributed by atoms with Crippen molar-refractivity contribution < 1.29 is 23.6 Å². The van der Waals surface area contributed by atoms with Gasteiger partial charge >= 0.3 is 13.2 Å². The number of amides is 1. The van der Waals surface area contributed by atoms with Crippen LogP contribution < -0.4 is 5.46 Å². The van der Waals surface area contributed by atoms with Crippen molar-refractivity contribution in [1.82, 2.24) is 19.0 Å². The molecule has 262 valence electrons. The lowest BCUT2D eigenvalue weighted by atomic mass is 9.79. The molecular formula is C38H53BN4O5Si. The number of fused-ring (bicyclic) bond motifs is 1. The average Bonchev–Trinajstić information content (AvgIpc) is 3.79. The molecule has 2 fully saturated rings. The average molecular weight is 685 g/mol. The molecule has 4 heterocycles. The van der Waals surface area contributed by atoms with Gasteiger partial charge in [0.25, 0.3) is 0 Å². The molecule has 2 aromatic heterocycles. The molecular weight excluding hydrogens is 631 g/mol. The Bertz CT molecular complexity index is 1790. The lowest BCUT2D eigenvalue weighted by Crippen LogP contribution is -2.41. The van der Waals surface area contributed by atoms with Crippen LogP contribution in [0, 0.1) is 0 Å². The van der Waals surface area contributed by atoms with E-state index in [-0.39, 0.29) is 30.5 Å². The fraction of sp³-hybridized carbons (Fsp3) is 0.526. The largest absolute Gasteiger partial charge is 0.494 e. The van der Waals surface area contributed by atoms with Gasteiger partial charge in [0.05, 0.1) is 28.3 Å². The molecule has 49 heavy (non-hydrogen) atoms. The summed E-state index contributed by atoms with van der Waals surface area (Å²) in [5.41, 5.74) is 4.79. The van der Waals surface area contributed by atoms with Crippen LogP contribution in [0.2, 0.25) is 25.7 Å². The first kappa shape index (κ1) is 35.4. The van der Waals surface area contributed by atoms with E-state index in [1.165, 1.54) is 0 Å². The number of ether oxygens (including phenoxy) is 2. The van der Waals surface area contributed by atoms with E-state index in [1.54, 1.807) is 0 Å².